The molecular formula is C17H20FN. The van der Waals surface area contributed by atoms with E-state index >= 15 is 0 Å². The van der Waals surface area contributed by atoms with Crippen molar-refractivity contribution in [3.63, 3.8) is 0 Å². The van der Waals surface area contributed by atoms with Crippen LogP contribution in [0.3, 0.4) is 0 Å². The lowest BCUT2D eigenvalue weighted by Crippen LogP contribution is -2.16. The van der Waals surface area contributed by atoms with Gasteiger partial charge in [-0.15, -0.1) is 0 Å². The van der Waals surface area contributed by atoms with Crippen molar-refractivity contribution in [3.8, 4) is 0 Å². The first-order valence-corrected chi connectivity index (χ1v) is 6.50. The zero-order valence-electron chi connectivity index (χ0n) is 11.9. The van der Waals surface area contributed by atoms with Crippen molar-refractivity contribution >= 4 is 0 Å². The van der Waals surface area contributed by atoms with Crippen LogP contribution in [0.1, 0.15) is 39.4 Å². The maximum absolute atomic E-state index is 13.0. The second-order valence-corrected chi connectivity index (χ2v) is 5.20. The number of hydrogen-bond acceptors (Lipinski definition) is 1. The van der Waals surface area contributed by atoms with E-state index in [9.17, 15) is 4.39 Å². The highest BCUT2D eigenvalue weighted by Gasteiger charge is 2.16. The van der Waals surface area contributed by atoms with E-state index in [2.05, 4.69) is 33.8 Å². The van der Waals surface area contributed by atoms with Crippen LogP contribution in [-0.2, 0) is 0 Å². The quantitative estimate of drug-likeness (QED) is 0.861. The highest BCUT2D eigenvalue weighted by atomic mass is 19.1. The molecular weight excluding hydrogens is 237 g/mol. The van der Waals surface area contributed by atoms with Crippen LogP contribution in [0.25, 0.3) is 0 Å². The molecule has 0 amide bonds. The summed E-state index contributed by atoms with van der Waals surface area (Å²) in [6, 6.07) is 8.42. The minimum Gasteiger partial charge on any atom is -0.320 e. The van der Waals surface area contributed by atoms with Gasteiger partial charge in [-0.1, -0.05) is 18.2 Å². The number of hydrogen-bond donors (Lipinski definition) is 1. The lowest BCUT2D eigenvalue weighted by atomic mass is 9.87. The lowest BCUT2D eigenvalue weighted by molar-refractivity contribution is 0.626. The Balaban J connectivity index is 2.55. The molecule has 2 heteroatoms. The Kier molecular flexibility index (Phi) is 3.72. The summed E-state index contributed by atoms with van der Waals surface area (Å²) in [4.78, 5) is 0. The van der Waals surface area contributed by atoms with E-state index < -0.39 is 0 Å². The molecule has 0 radical (unpaired) electrons. The molecule has 0 aromatic heterocycles. The molecule has 0 spiro atoms. The van der Waals surface area contributed by atoms with E-state index in [1.807, 2.05) is 0 Å². The van der Waals surface area contributed by atoms with Crippen LogP contribution in [0, 0.1) is 33.5 Å². The number of halogens is 1. The van der Waals surface area contributed by atoms with Gasteiger partial charge >= 0.3 is 0 Å². The van der Waals surface area contributed by atoms with Crippen LogP contribution < -0.4 is 5.73 Å². The molecule has 0 aliphatic rings. The van der Waals surface area contributed by atoms with Gasteiger partial charge in [-0.2, -0.15) is 0 Å². The van der Waals surface area contributed by atoms with Gasteiger partial charge in [-0.25, -0.2) is 4.39 Å². The van der Waals surface area contributed by atoms with Crippen LogP contribution in [-0.4, -0.2) is 0 Å². The molecule has 0 heterocycles. The SMILES string of the molecule is Cc1cc(C)c(C)c(C(N)c2ccc(F)cc2)c1C. The largest absolute Gasteiger partial charge is 0.320 e. The van der Waals surface area contributed by atoms with E-state index in [-0.39, 0.29) is 11.9 Å². The van der Waals surface area contributed by atoms with E-state index in [1.54, 1.807) is 12.1 Å². The normalized spacial score (nSPS) is 12.5. The number of benzene rings is 2. The fourth-order valence-corrected chi connectivity index (χ4v) is 2.55. The Morgan fingerprint density at radius 1 is 0.895 bits per heavy atom. The molecule has 1 atom stereocenters. The standard InChI is InChI=1S/C17H20FN/c1-10-9-11(2)13(4)16(12(10)3)17(19)14-5-7-15(18)8-6-14/h5-9,17H,19H2,1-4H3. The average Bonchev–Trinajstić information content (AvgIpc) is 2.37. The zero-order chi connectivity index (χ0) is 14.2. The molecule has 0 fully saturated rings. The van der Waals surface area contributed by atoms with Crippen LogP contribution in [0.5, 0.6) is 0 Å². The third-order valence-electron chi connectivity index (χ3n) is 3.96. The number of rotatable bonds is 2. The van der Waals surface area contributed by atoms with Crippen molar-refractivity contribution < 1.29 is 4.39 Å². The molecule has 0 aliphatic carbocycles. The molecule has 1 unspecified atom stereocenters. The maximum atomic E-state index is 13.0. The lowest BCUT2D eigenvalue weighted by Gasteiger charge is -2.21. The molecule has 0 bridgehead atoms. The summed E-state index contributed by atoms with van der Waals surface area (Å²) >= 11 is 0. The molecule has 0 aliphatic heterocycles. The molecule has 2 N–H and O–H groups in total. The van der Waals surface area contributed by atoms with Gasteiger partial charge in [0.1, 0.15) is 5.82 Å². The number of nitrogens with two attached hydrogens (primary N) is 1. The minimum atomic E-state index is -0.232. The zero-order valence-corrected chi connectivity index (χ0v) is 11.9. The maximum Gasteiger partial charge on any atom is 0.123 e. The van der Waals surface area contributed by atoms with Crippen LogP contribution in [0.15, 0.2) is 30.3 Å². The Labute approximate surface area is 114 Å². The van der Waals surface area contributed by atoms with Crippen molar-refractivity contribution in [1.29, 1.82) is 0 Å². The molecule has 0 saturated carbocycles. The summed E-state index contributed by atoms with van der Waals surface area (Å²) in [6.45, 7) is 8.40. The van der Waals surface area contributed by atoms with Gasteiger partial charge in [0, 0.05) is 0 Å². The van der Waals surface area contributed by atoms with Crippen LogP contribution in [0.4, 0.5) is 4.39 Å². The summed E-state index contributed by atoms with van der Waals surface area (Å²) in [5.74, 6) is -0.232. The van der Waals surface area contributed by atoms with Gasteiger partial charge in [-0.05, 0) is 73.2 Å². The van der Waals surface area contributed by atoms with Crippen LogP contribution in [0.2, 0.25) is 0 Å². The van der Waals surface area contributed by atoms with Crippen molar-refractivity contribution in [2.24, 2.45) is 5.73 Å². The predicted octanol–water partition coefficient (Wildman–Crippen LogP) is 4.11. The van der Waals surface area contributed by atoms with Crippen molar-refractivity contribution in [3.05, 3.63) is 69.5 Å². The van der Waals surface area contributed by atoms with Gasteiger partial charge in [0.15, 0.2) is 0 Å². The second kappa shape index (κ2) is 5.14. The average molecular weight is 257 g/mol. The van der Waals surface area contributed by atoms with Gasteiger partial charge < -0.3 is 5.73 Å². The molecule has 2 aromatic rings. The topological polar surface area (TPSA) is 26.0 Å². The Morgan fingerprint density at radius 3 is 1.84 bits per heavy atom. The fraction of sp³-hybridized carbons (Fsp3) is 0.294. The highest BCUT2D eigenvalue weighted by Crippen LogP contribution is 2.29. The van der Waals surface area contributed by atoms with Crippen molar-refractivity contribution in [2.45, 2.75) is 33.7 Å². The molecule has 0 saturated heterocycles. The first-order chi connectivity index (χ1) is 8.91. The summed E-state index contributed by atoms with van der Waals surface area (Å²) < 4.78 is 13.0. The monoisotopic (exact) mass is 257 g/mol. The van der Waals surface area contributed by atoms with Gasteiger partial charge in [0.25, 0.3) is 0 Å². The Bertz CT molecular complexity index is 573. The smallest absolute Gasteiger partial charge is 0.123 e. The van der Waals surface area contributed by atoms with Gasteiger partial charge in [-0.3, -0.25) is 0 Å². The summed E-state index contributed by atoms with van der Waals surface area (Å²) in [5, 5.41) is 0. The highest BCUT2D eigenvalue weighted by molar-refractivity contribution is 5.48. The Morgan fingerprint density at radius 2 is 1.37 bits per heavy atom. The molecule has 2 rings (SSSR count). The first kappa shape index (κ1) is 13.8. The first-order valence-electron chi connectivity index (χ1n) is 6.50. The van der Waals surface area contributed by atoms with E-state index in [4.69, 9.17) is 5.73 Å². The van der Waals surface area contributed by atoms with Gasteiger partial charge in [0.2, 0.25) is 0 Å². The van der Waals surface area contributed by atoms with Crippen LogP contribution >= 0.6 is 0 Å². The van der Waals surface area contributed by atoms with E-state index in [0.717, 1.165) is 11.1 Å². The van der Waals surface area contributed by atoms with Crippen molar-refractivity contribution in [2.75, 3.05) is 0 Å². The summed E-state index contributed by atoms with van der Waals surface area (Å²) in [6.07, 6.45) is 0. The third kappa shape index (κ3) is 2.54. The molecule has 100 valence electrons. The number of aryl methyl sites for hydroxylation is 2. The third-order valence-corrected chi connectivity index (χ3v) is 3.96. The van der Waals surface area contributed by atoms with E-state index in [1.165, 1.54) is 34.4 Å². The molecule has 1 nitrogen and oxygen atoms in total. The summed E-state index contributed by atoms with van der Waals surface area (Å²) in [5.41, 5.74) is 13.4. The summed E-state index contributed by atoms with van der Waals surface area (Å²) in [7, 11) is 0. The van der Waals surface area contributed by atoms with Crippen molar-refractivity contribution in [1.82, 2.24) is 0 Å². The Hall–Kier alpha value is -1.67. The van der Waals surface area contributed by atoms with E-state index in [0.29, 0.717) is 0 Å². The second-order valence-electron chi connectivity index (χ2n) is 5.20. The predicted molar refractivity (Wildman–Crippen MR) is 77.8 cm³/mol. The molecule has 2 aromatic carbocycles. The molecule has 19 heavy (non-hydrogen) atoms. The van der Waals surface area contributed by atoms with Gasteiger partial charge in [0.05, 0.1) is 6.04 Å². The minimum absolute atomic E-state index is 0.209. The fourth-order valence-electron chi connectivity index (χ4n) is 2.55.